The van der Waals surface area contributed by atoms with E-state index in [2.05, 4.69) is 4.72 Å². The Kier molecular flexibility index (Phi) is 5.87. The molecule has 2 aromatic rings. The Bertz CT molecular complexity index is 797. The molecule has 3 N–H and O–H groups in total. The molecule has 0 aromatic heterocycles. The minimum atomic E-state index is -3.59. The molecule has 24 heavy (non-hydrogen) atoms. The van der Waals surface area contributed by atoms with E-state index in [0.29, 0.717) is 0 Å². The lowest BCUT2D eigenvalue weighted by molar-refractivity contribution is 0.254. The van der Waals surface area contributed by atoms with Gasteiger partial charge in [0.1, 0.15) is 11.9 Å². The van der Waals surface area contributed by atoms with Crippen LogP contribution in [0.25, 0.3) is 0 Å². The summed E-state index contributed by atoms with van der Waals surface area (Å²) in [6.45, 7) is 2.11. The fraction of sp³-hybridized carbons (Fsp3) is 0.294. The van der Waals surface area contributed by atoms with Crippen molar-refractivity contribution in [1.29, 1.82) is 0 Å². The molecule has 2 unspecified atom stereocenters. The van der Waals surface area contributed by atoms with E-state index in [9.17, 15) is 8.42 Å². The third-order valence-corrected chi connectivity index (χ3v) is 5.32. The highest BCUT2D eigenvalue weighted by Gasteiger charge is 2.23. The number of ether oxygens (including phenoxy) is 1. The Labute approximate surface area is 148 Å². The zero-order valence-corrected chi connectivity index (χ0v) is 14.9. The van der Waals surface area contributed by atoms with Crippen molar-refractivity contribution in [2.45, 2.75) is 30.4 Å². The lowest BCUT2D eigenvalue weighted by Gasteiger charge is -2.14. The predicted molar refractivity (Wildman–Crippen MR) is 96.0 cm³/mol. The molecule has 0 bridgehead atoms. The standard InChI is InChI=1S/C17H20N2O3S.ClH/c1-12-9-14-10-15(7-8-17(14)22-12)23(20,21)19-11-16(18)13-5-3-2-4-6-13;/h2-8,10,12,16,19H,9,11,18H2,1H3;1H. The number of fused-ring (bicyclic) bond motifs is 1. The van der Waals surface area contributed by atoms with Crippen LogP contribution in [0.15, 0.2) is 53.4 Å². The summed E-state index contributed by atoms with van der Waals surface area (Å²) >= 11 is 0. The van der Waals surface area contributed by atoms with Gasteiger partial charge in [-0.1, -0.05) is 30.3 Å². The number of sulfonamides is 1. The number of benzene rings is 2. The fourth-order valence-electron chi connectivity index (χ4n) is 2.67. The van der Waals surface area contributed by atoms with Gasteiger partial charge >= 0.3 is 0 Å². The van der Waals surface area contributed by atoms with Crippen LogP contribution in [-0.4, -0.2) is 21.1 Å². The van der Waals surface area contributed by atoms with Crippen LogP contribution < -0.4 is 15.2 Å². The minimum Gasteiger partial charge on any atom is -0.490 e. The van der Waals surface area contributed by atoms with E-state index in [1.54, 1.807) is 18.2 Å². The van der Waals surface area contributed by atoms with Crippen LogP contribution in [0.1, 0.15) is 24.1 Å². The molecular formula is C17H21ClN2O3S. The van der Waals surface area contributed by atoms with E-state index in [0.717, 1.165) is 23.3 Å². The van der Waals surface area contributed by atoms with Gasteiger partial charge in [-0.15, -0.1) is 12.4 Å². The van der Waals surface area contributed by atoms with Crippen molar-refractivity contribution in [3.8, 4) is 5.75 Å². The molecule has 0 aliphatic carbocycles. The predicted octanol–water partition coefficient (Wildman–Crippen LogP) is 2.41. The maximum absolute atomic E-state index is 12.4. The van der Waals surface area contributed by atoms with Crippen LogP contribution in [0, 0.1) is 0 Å². The van der Waals surface area contributed by atoms with Crippen molar-refractivity contribution >= 4 is 22.4 Å². The molecule has 5 nitrogen and oxygen atoms in total. The van der Waals surface area contributed by atoms with Gasteiger partial charge in [0.05, 0.1) is 4.90 Å². The highest BCUT2D eigenvalue weighted by molar-refractivity contribution is 7.89. The van der Waals surface area contributed by atoms with Crippen molar-refractivity contribution in [2.75, 3.05) is 6.54 Å². The van der Waals surface area contributed by atoms with Crippen molar-refractivity contribution in [3.63, 3.8) is 0 Å². The summed E-state index contributed by atoms with van der Waals surface area (Å²) in [5.74, 6) is 0.762. The van der Waals surface area contributed by atoms with E-state index < -0.39 is 10.0 Å². The molecule has 0 fully saturated rings. The third kappa shape index (κ3) is 4.08. The molecular weight excluding hydrogens is 348 g/mol. The molecule has 0 spiro atoms. The first-order chi connectivity index (χ1) is 11.0. The molecule has 0 saturated carbocycles. The van der Waals surface area contributed by atoms with E-state index >= 15 is 0 Å². The van der Waals surface area contributed by atoms with Gasteiger partial charge in [0.15, 0.2) is 0 Å². The molecule has 3 rings (SSSR count). The van der Waals surface area contributed by atoms with Crippen LogP contribution in [0.3, 0.4) is 0 Å². The normalized spacial score (nSPS) is 17.5. The second-order valence-corrected chi connectivity index (χ2v) is 7.54. The van der Waals surface area contributed by atoms with Crippen LogP contribution in [0.2, 0.25) is 0 Å². The van der Waals surface area contributed by atoms with E-state index in [4.69, 9.17) is 10.5 Å². The molecule has 7 heteroatoms. The fourth-order valence-corrected chi connectivity index (χ4v) is 3.78. The molecule has 130 valence electrons. The van der Waals surface area contributed by atoms with Gasteiger partial charge in [-0.05, 0) is 36.2 Å². The summed E-state index contributed by atoms with van der Waals surface area (Å²) in [7, 11) is -3.59. The first-order valence-corrected chi connectivity index (χ1v) is 9.04. The quantitative estimate of drug-likeness (QED) is 0.849. The lowest BCUT2D eigenvalue weighted by atomic mass is 10.1. The Morgan fingerprint density at radius 2 is 1.96 bits per heavy atom. The van der Waals surface area contributed by atoms with Crippen LogP contribution in [0.4, 0.5) is 0 Å². The minimum absolute atomic E-state index is 0. The SMILES string of the molecule is CC1Cc2cc(S(=O)(=O)NCC(N)c3ccccc3)ccc2O1.Cl. The number of nitrogens with two attached hydrogens (primary N) is 1. The van der Waals surface area contributed by atoms with Crippen molar-refractivity contribution in [2.24, 2.45) is 5.73 Å². The summed E-state index contributed by atoms with van der Waals surface area (Å²) in [5, 5.41) is 0. The van der Waals surface area contributed by atoms with Crippen LogP contribution >= 0.6 is 12.4 Å². The van der Waals surface area contributed by atoms with E-state index in [-0.39, 0.29) is 36.0 Å². The Hall–Kier alpha value is -1.60. The zero-order valence-electron chi connectivity index (χ0n) is 13.3. The topological polar surface area (TPSA) is 81.4 Å². The smallest absolute Gasteiger partial charge is 0.240 e. The summed E-state index contributed by atoms with van der Waals surface area (Å²) in [5.41, 5.74) is 7.86. The maximum atomic E-state index is 12.4. The largest absolute Gasteiger partial charge is 0.490 e. The molecule has 1 heterocycles. The summed E-state index contributed by atoms with van der Waals surface area (Å²) in [6, 6.07) is 14.0. The average Bonchev–Trinajstić information content (AvgIpc) is 2.92. The van der Waals surface area contributed by atoms with Gasteiger partial charge in [0.2, 0.25) is 10.0 Å². The first-order valence-electron chi connectivity index (χ1n) is 7.55. The Morgan fingerprint density at radius 1 is 1.25 bits per heavy atom. The third-order valence-electron chi connectivity index (χ3n) is 3.90. The molecule has 0 radical (unpaired) electrons. The van der Waals surface area contributed by atoms with E-state index in [1.807, 2.05) is 37.3 Å². The maximum Gasteiger partial charge on any atom is 0.240 e. The molecule has 0 amide bonds. The highest BCUT2D eigenvalue weighted by atomic mass is 35.5. The van der Waals surface area contributed by atoms with Crippen molar-refractivity contribution < 1.29 is 13.2 Å². The summed E-state index contributed by atoms with van der Waals surface area (Å²) < 4.78 is 33.1. The number of hydrogen-bond acceptors (Lipinski definition) is 4. The number of hydrogen-bond donors (Lipinski definition) is 2. The van der Waals surface area contributed by atoms with E-state index in [1.165, 1.54) is 0 Å². The van der Waals surface area contributed by atoms with Crippen molar-refractivity contribution in [3.05, 3.63) is 59.7 Å². The highest BCUT2D eigenvalue weighted by Crippen LogP contribution is 2.30. The molecule has 1 aliphatic heterocycles. The van der Waals surface area contributed by atoms with Gasteiger partial charge in [-0.2, -0.15) is 0 Å². The zero-order chi connectivity index (χ0) is 16.4. The number of rotatable bonds is 5. The number of halogens is 1. The molecule has 2 aromatic carbocycles. The summed E-state index contributed by atoms with van der Waals surface area (Å²) in [4.78, 5) is 0.245. The van der Waals surface area contributed by atoms with Gasteiger partial charge < -0.3 is 10.5 Å². The monoisotopic (exact) mass is 368 g/mol. The van der Waals surface area contributed by atoms with Gasteiger partial charge in [-0.3, -0.25) is 0 Å². The summed E-state index contributed by atoms with van der Waals surface area (Å²) in [6.07, 6.45) is 0.810. The van der Waals surface area contributed by atoms with Crippen LogP contribution in [-0.2, 0) is 16.4 Å². The van der Waals surface area contributed by atoms with Crippen LogP contribution in [0.5, 0.6) is 5.75 Å². The second kappa shape index (κ2) is 7.53. The lowest BCUT2D eigenvalue weighted by Crippen LogP contribution is -2.32. The van der Waals surface area contributed by atoms with Gasteiger partial charge in [-0.25, -0.2) is 13.1 Å². The van der Waals surface area contributed by atoms with Gasteiger partial charge in [0.25, 0.3) is 0 Å². The molecule has 0 saturated heterocycles. The number of nitrogens with one attached hydrogen (secondary N) is 1. The van der Waals surface area contributed by atoms with Gasteiger partial charge in [0, 0.05) is 19.0 Å². The molecule has 2 atom stereocenters. The Morgan fingerprint density at radius 3 is 2.67 bits per heavy atom. The Balaban J connectivity index is 0.00000208. The molecule has 1 aliphatic rings. The second-order valence-electron chi connectivity index (χ2n) is 5.77. The first kappa shape index (κ1) is 18.7. The van der Waals surface area contributed by atoms with Crippen molar-refractivity contribution in [1.82, 2.24) is 4.72 Å². The average molecular weight is 369 g/mol.